The van der Waals surface area contributed by atoms with Gasteiger partial charge in [0.25, 0.3) is 0 Å². The predicted octanol–water partition coefficient (Wildman–Crippen LogP) is 1.71. The number of hydrazine groups is 1. The first-order valence-electron chi connectivity index (χ1n) is 5.37. The summed E-state index contributed by atoms with van der Waals surface area (Å²) in [7, 11) is 0. The van der Waals surface area contributed by atoms with Crippen LogP contribution in [0.5, 0.6) is 0 Å². The summed E-state index contributed by atoms with van der Waals surface area (Å²) in [6.07, 6.45) is 1.09. The standard InChI is InChI=1S/C11H15ClN4.ClH/c12-10-5-2-1-4-9(10)8-15-16-11-13-6-3-7-14-11;/h1-2,4-5,15H,3,6-8H2,(H2,13,14,16);1H. The van der Waals surface area contributed by atoms with Crippen molar-refractivity contribution in [3.8, 4) is 0 Å². The Morgan fingerprint density at radius 3 is 2.88 bits per heavy atom. The van der Waals surface area contributed by atoms with E-state index in [1.165, 1.54) is 0 Å². The molecule has 0 saturated heterocycles. The molecule has 1 aromatic rings. The normalized spacial score (nSPS) is 14.3. The van der Waals surface area contributed by atoms with Crippen molar-refractivity contribution < 1.29 is 0 Å². The van der Waals surface area contributed by atoms with Crippen molar-refractivity contribution in [2.45, 2.75) is 13.0 Å². The molecular formula is C11H16Cl2N4. The van der Waals surface area contributed by atoms with Gasteiger partial charge in [-0.3, -0.25) is 10.4 Å². The zero-order valence-electron chi connectivity index (χ0n) is 9.37. The van der Waals surface area contributed by atoms with Crippen LogP contribution in [-0.4, -0.2) is 19.0 Å². The minimum atomic E-state index is 0. The van der Waals surface area contributed by atoms with Gasteiger partial charge in [0.05, 0.1) is 0 Å². The van der Waals surface area contributed by atoms with Crippen molar-refractivity contribution in [3.63, 3.8) is 0 Å². The van der Waals surface area contributed by atoms with Crippen molar-refractivity contribution in [1.29, 1.82) is 0 Å². The van der Waals surface area contributed by atoms with Gasteiger partial charge in [0.15, 0.2) is 0 Å². The largest absolute Gasteiger partial charge is 0.355 e. The van der Waals surface area contributed by atoms with E-state index >= 15 is 0 Å². The fraction of sp³-hybridized carbons (Fsp3) is 0.364. The van der Waals surface area contributed by atoms with E-state index < -0.39 is 0 Å². The minimum absolute atomic E-state index is 0. The van der Waals surface area contributed by atoms with Crippen LogP contribution in [-0.2, 0) is 6.54 Å². The molecule has 0 spiro atoms. The highest BCUT2D eigenvalue weighted by Gasteiger charge is 2.02. The molecule has 17 heavy (non-hydrogen) atoms. The topological polar surface area (TPSA) is 48.5 Å². The molecule has 6 heteroatoms. The zero-order valence-corrected chi connectivity index (χ0v) is 10.9. The second kappa shape index (κ2) is 7.37. The van der Waals surface area contributed by atoms with Gasteiger partial charge in [0.2, 0.25) is 5.96 Å². The molecule has 3 N–H and O–H groups in total. The Hall–Kier alpha value is -0.970. The Labute approximate surface area is 112 Å². The summed E-state index contributed by atoms with van der Waals surface area (Å²) in [5.74, 6) is 0.804. The van der Waals surface area contributed by atoms with Crippen LogP contribution in [0.1, 0.15) is 12.0 Å². The molecule has 0 unspecified atom stereocenters. The van der Waals surface area contributed by atoms with E-state index in [0.717, 1.165) is 36.1 Å². The fourth-order valence-corrected chi connectivity index (χ4v) is 1.68. The van der Waals surface area contributed by atoms with Crippen LogP contribution in [0.2, 0.25) is 5.02 Å². The minimum Gasteiger partial charge on any atom is -0.355 e. The number of hydrogen-bond donors (Lipinski definition) is 3. The molecule has 1 aromatic carbocycles. The molecule has 0 fully saturated rings. The summed E-state index contributed by atoms with van der Waals surface area (Å²) in [5.41, 5.74) is 7.18. The van der Waals surface area contributed by atoms with E-state index in [0.29, 0.717) is 6.54 Å². The Bertz CT molecular complexity index is 381. The van der Waals surface area contributed by atoms with Crippen LogP contribution < -0.4 is 16.2 Å². The molecule has 1 aliphatic rings. The van der Waals surface area contributed by atoms with E-state index in [2.05, 4.69) is 21.2 Å². The summed E-state index contributed by atoms with van der Waals surface area (Å²) in [4.78, 5) is 4.28. The highest BCUT2D eigenvalue weighted by Crippen LogP contribution is 2.13. The molecule has 0 saturated carbocycles. The molecule has 0 atom stereocenters. The summed E-state index contributed by atoms with van der Waals surface area (Å²) < 4.78 is 0. The molecule has 0 radical (unpaired) electrons. The maximum absolute atomic E-state index is 6.03. The molecule has 0 amide bonds. The summed E-state index contributed by atoms with van der Waals surface area (Å²) in [5, 5.41) is 3.94. The highest BCUT2D eigenvalue weighted by molar-refractivity contribution is 6.31. The van der Waals surface area contributed by atoms with E-state index in [-0.39, 0.29) is 12.4 Å². The van der Waals surface area contributed by atoms with Gasteiger partial charge in [-0.05, 0) is 18.1 Å². The smallest absolute Gasteiger partial charge is 0.205 e. The second-order valence-corrected chi connectivity index (χ2v) is 3.99. The Morgan fingerprint density at radius 1 is 1.35 bits per heavy atom. The van der Waals surface area contributed by atoms with E-state index in [1.807, 2.05) is 24.3 Å². The summed E-state index contributed by atoms with van der Waals surface area (Å²) in [6.45, 7) is 2.52. The second-order valence-electron chi connectivity index (χ2n) is 3.58. The molecule has 94 valence electrons. The van der Waals surface area contributed by atoms with Crippen LogP contribution in [0.15, 0.2) is 29.3 Å². The summed E-state index contributed by atoms with van der Waals surface area (Å²) in [6, 6.07) is 7.77. The number of aliphatic imine (C=N–C) groups is 1. The lowest BCUT2D eigenvalue weighted by Crippen LogP contribution is -2.47. The first-order valence-corrected chi connectivity index (χ1v) is 5.74. The quantitative estimate of drug-likeness (QED) is 0.736. The van der Waals surface area contributed by atoms with Gasteiger partial charge in [-0.15, -0.1) is 12.4 Å². The van der Waals surface area contributed by atoms with Crippen LogP contribution in [0.3, 0.4) is 0 Å². The maximum Gasteiger partial charge on any atom is 0.205 e. The summed E-state index contributed by atoms with van der Waals surface area (Å²) >= 11 is 6.03. The number of benzene rings is 1. The van der Waals surface area contributed by atoms with Crippen molar-refractivity contribution in [2.75, 3.05) is 13.1 Å². The highest BCUT2D eigenvalue weighted by atomic mass is 35.5. The van der Waals surface area contributed by atoms with Crippen LogP contribution >= 0.6 is 24.0 Å². The van der Waals surface area contributed by atoms with Crippen LogP contribution in [0, 0.1) is 0 Å². The van der Waals surface area contributed by atoms with E-state index in [9.17, 15) is 0 Å². The van der Waals surface area contributed by atoms with Gasteiger partial charge in [-0.1, -0.05) is 29.8 Å². The number of hydrogen-bond acceptors (Lipinski definition) is 4. The molecule has 1 heterocycles. The molecule has 0 aliphatic carbocycles. The molecule has 1 aliphatic heterocycles. The van der Waals surface area contributed by atoms with Crippen molar-refractivity contribution in [3.05, 3.63) is 34.9 Å². The SMILES string of the molecule is Cl.Clc1ccccc1CNNC1=NCCCN1. The van der Waals surface area contributed by atoms with E-state index in [4.69, 9.17) is 11.6 Å². The molecule has 0 bridgehead atoms. The van der Waals surface area contributed by atoms with E-state index in [1.54, 1.807) is 0 Å². The average molecular weight is 275 g/mol. The fourth-order valence-electron chi connectivity index (χ4n) is 1.48. The molecule has 4 nitrogen and oxygen atoms in total. The number of nitrogens with zero attached hydrogens (tertiary/aromatic N) is 1. The van der Waals surface area contributed by atoms with Gasteiger partial charge in [-0.2, -0.15) is 0 Å². The van der Waals surface area contributed by atoms with Gasteiger partial charge < -0.3 is 5.32 Å². The molecular weight excluding hydrogens is 259 g/mol. The average Bonchev–Trinajstić information content (AvgIpc) is 2.33. The van der Waals surface area contributed by atoms with Crippen molar-refractivity contribution >= 4 is 30.0 Å². The predicted molar refractivity (Wildman–Crippen MR) is 73.6 cm³/mol. The van der Waals surface area contributed by atoms with Crippen molar-refractivity contribution in [2.24, 2.45) is 4.99 Å². The Morgan fingerprint density at radius 2 is 2.18 bits per heavy atom. The lowest BCUT2D eigenvalue weighted by atomic mass is 10.2. The van der Waals surface area contributed by atoms with Crippen molar-refractivity contribution in [1.82, 2.24) is 16.2 Å². The lowest BCUT2D eigenvalue weighted by Gasteiger charge is -2.16. The third-order valence-corrected chi connectivity index (χ3v) is 2.71. The first-order chi connectivity index (χ1) is 7.86. The van der Waals surface area contributed by atoms with Gasteiger partial charge in [0, 0.05) is 24.7 Å². The van der Waals surface area contributed by atoms with Crippen LogP contribution in [0.4, 0.5) is 0 Å². The van der Waals surface area contributed by atoms with Gasteiger partial charge in [0.1, 0.15) is 0 Å². The number of halogens is 2. The Balaban J connectivity index is 0.00000144. The van der Waals surface area contributed by atoms with Gasteiger partial charge in [-0.25, -0.2) is 5.43 Å². The zero-order chi connectivity index (χ0) is 11.2. The third kappa shape index (κ3) is 4.42. The van der Waals surface area contributed by atoms with Crippen LogP contribution in [0.25, 0.3) is 0 Å². The Kier molecular flexibility index (Phi) is 6.11. The first kappa shape index (κ1) is 14.1. The maximum atomic E-state index is 6.03. The number of guanidine groups is 1. The molecule has 2 rings (SSSR count). The molecule has 0 aromatic heterocycles. The lowest BCUT2D eigenvalue weighted by molar-refractivity contribution is 0.610. The van der Waals surface area contributed by atoms with Gasteiger partial charge >= 0.3 is 0 Å². The number of rotatable bonds is 3. The number of nitrogens with one attached hydrogen (secondary N) is 3. The third-order valence-electron chi connectivity index (χ3n) is 2.34. The monoisotopic (exact) mass is 274 g/mol.